The third-order valence-corrected chi connectivity index (χ3v) is 5.97. The molecule has 3 N–H and O–H groups in total. The van der Waals surface area contributed by atoms with E-state index in [-0.39, 0.29) is 24.2 Å². The summed E-state index contributed by atoms with van der Waals surface area (Å²) in [6.07, 6.45) is 4.57. The lowest BCUT2D eigenvalue weighted by Gasteiger charge is -2.46. The summed E-state index contributed by atoms with van der Waals surface area (Å²) >= 11 is 6.28. The Hall–Kier alpha value is -1.79. The Morgan fingerprint density at radius 1 is 1.32 bits per heavy atom. The summed E-state index contributed by atoms with van der Waals surface area (Å²) in [5.41, 5.74) is 1.22. The monoisotopic (exact) mass is 364 g/mol. The fourth-order valence-corrected chi connectivity index (χ4v) is 4.55. The van der Waals surface area contributed by atoms with Crippen LogP contribution < -0.4 is 10.6 Å². The fraction of sp³-hybridized carbons (Fsp3) is 0.556. The first kappa shape index (κ1) is 16.7. The zero-order valence-electron chi connectivity index (χ0n) is 13.8. The molecule has 2 atom stereocenters. The highest BCUT2D eigenvalue weighted by Crippen LogP contribution is 2.46. The van der Waals surface area contributed by atoms with Gasteiger partial charge in [-0.3, -0.25) is 4.79 Å². The molecule has 2 unspecified atom stereocenters. The standard InChI is InChI=1S/C18H21ClN2O4/c19-14-5-1-4-13-15(14)20-17(24)21-18(13)6-2-3-11(9-18)25-12-7-10(8-12)16(22)23/h1,4-5,10-12H,2-3,6-9H2,(H,22,23)(H2,20,21,24). The van der Waals surface area contributed by atoms with E-state index in [1.807, 2.05) is 12.1 Å². The average Bonchev–Trinajstić information content (AvgIpc) is 2.51. The van der Waals surface area contributed by atoms with Gasteiger partial charge in [0, 0.05) is 12.0 Å². The molecular formula is C18H21ClN2O4. The first-order valence-electron chi connectivity index (χ1n) is 8.73. The fourth-order valence-electron chi connectivity index (χ4n) is 4.33. The number of ether oxygens (including phenoxy) is 1. The van der Waals surface area contributed by atoms with Crippen LogP contribution in [-0.2, 0) is 15.1 Å². The molecule has 3 aliphatic rings. The molecule has 2 saturated carbocycles. The molecule has 0 saturated heterocycles. The number of rotatable bonds is 3. The van der Waals surface area contributed by atoms with Crippen molar-refractivity contribution in [1.82, 2.24) is 5.32 Å². The molecule has 1 heterocycles. The maximum Gasteiger partial charge on any atom is 0.319 e. The van der Waals surface area contributed by atoms with E-state index in [0.29, 0.717) is 30.0 Å². The summed E-state index contributed by atoms with van der Waals surface area (Å²) in [7, 11) is 0. The van der Waals surface area contributed by atoms with Gasteiger partial charge in [-0.05, 0) is 38.2 Å². The van der Waals surface area contributed by atoms with Crippen LogP contribution >= 0.6 is 11.6 Å². The number of fused-ring (bicyclic) bond motifs is 2. The number of amides is 2. The number of halogens is 1. The van der Waals surface area contributed by atoms with Gasteiger partial charge in [0.15, 0.2) is 0 Å². The van der Waals surface area contributed by atoms with E-state index < -0.39 is 11.5 Å². The Bertz CT molecular complexity index is 719. The van der Waals surface area contributed by atoms with Gasteiger partial charge in [-0.25, -0.2) is 4.79 Å². The minimum atomic E-state index is -0.742. The van der Waals surface area contributed by atoms with Crippen molar-refractivity contribution in [2.75, 3.05) is 5.32 Å². The highest BCUT2D eigenvalue weighted by Gasteiger charge is 2.45. The largest absolute Gasteiger partial charge is 0.481 e. The number of hydrogen-bond donors (Lipinski definition) is 3. The van der Waals surface area contributed by atoms with Crippen LogP contribution in [0.2, 0.25) is 5.02 Å². The number of carboxylic acid groups (broad SMARTS) is 1. The lowest BCUT2D eigenvalue weighted by atomic mass is 9.73. The van der Waals surface area contributed by atoms with E-state index in [4.69, 9.17) is 21.4 Å². The zero-order valence-corrected chi connectivity index (χ0v) is 14.5. The summed E-state index contributed by atoms with van der Waals surface area (Å²) in [6, 6.07) is 5.43. The first-order chi connectivity index (χ1) is 12.0. The minimum Gasteiger partial charge on any atom is -0.481 e. The molecule has 134 valence electrons. The number of benzene rings is 1. The molecule has 25 heavy (non-hydrogen) atoms. The number of anilines is 1. The quantitative estimate of drug-likeness (QED) is 0.766. The van der Waals surface area contributed by atoms with Gasteiger partial charge in [-0.1, -0.05) is 23.7 Å². The van der Waals surface area contributed by atoms with E-state index in [0.717, 1.165) is 24.8 Å². The van der Waals surface area contributed by atoms with Crippen molar-refractivity contribution >= 4 is 29.3 Å². The Morgan fingerprint density at radius 2 is 2.12 bits per heavy atom. The van der Waals surface area contributed by atoms with Gasteiger partial charge >= 0.3 is 12.0 Å². The molecule has 6 nitrogen and oxygen atoms in total. The van der Waals surface area contributed by atoms with E-state index in [9.17, 15) is 9.59 Å². The van der Waals surface area contributed by atoms with Crippen LogP contribution in [0.1, 0.15) is 44.1 Å². The summed E-state index contributed by atoms with van der Waals surface area (Å²) in [5, 5.41) is 15.4. The maximum absolute atomic E-state index is 12.2. The summed E-state index contributed by atoms with van der Waals surface area (Å²) in [5.74, 6) is -1.02. The number of hydrogen-bond acceptors (Lipinski definition) is 3. The van der Waals surface area contributed by atoms with Crippen LogP contribution in [0, 0.1) is 5.92 Å². The number of aliphatic carboxylic acids is 1. The number of carbonyl (C=O) groups is 2. The van der Waals surface area contributed by atoms with Crippen molar-refractivity contribution in [2.45, 2.75) is 56.3 Å². The molecule has 1 aliphatic heterocycles. The second-order valence-corrected chi connectivity index (χ2v) is 7.71. The summed E-state index contributed by atoms with van der Waals surface area (Å²) < 4.78 is 6.15. The maximum atomic E-state index is 12.2. The minimum absolute atomic E-state index is 0.0116. The second-order valence-electron chi connectivity index (χ2n) is 7.31. The number of urea groups is 1. The predicted octanol–water partition coefficient (Wildman–Crippen LogP) is 3.49. The normalized spacial score (nSPS) is 33.8. The third kappa shape index (κ3) is 2.98. The Labute approximate surface area is 150 Å². The molecule has 0 aromatic heterocycles. The van der Waals surface area contributed by atoms with Crippen molar-refractivity contribution in [3.05, 3.63) is 28.8 Å². The van der Waals surface area contributed by atoms with Gasteiger partial charge in [0.05, 0.1) is 34.4 Å². The third-order valence-electron chi connectivity index (χ3n) is 5.66. The molecule has 4 rings (SSSR count). The van der Waals surface area contributed by atoms with E-state index >= 15 is 0 Å². The summed E-state index contributed by atoms with van der Waals surface area (Å²) in [6.45, 7) is 0. The van der Waals surface area contributed by atoms with Crippen LogP contribution in [-0.4, -0.2) is 29.3 Å². The number of para-hydroxylation sites is 1. The SMILES string of the molecule is O=C1Nc2c(Cl)cccc2C2(CCCC(OC3CC(C(=O)O)C3)C2)N1. The lowest BCUT2D eigenvalue weighted by Crippen LogP contribution is -2.55. The van der Waals surface area contributed by atoms with Gasteiger partial charge < -0.3 is 20.5 Å². The van der Waals surface area contributed by atoms with Gasteiger partial charge in [-0.2, -0.15) is 0 Å². The van der Waals surface area contributed by atoms with Crippen LogP contribution in [0.4, 0.5) is 10.5 Å². The second kappa shape index (κ2) is 6.18. The number of nitrogens with one attached hydrogen (secondary N) is 2. The predicted molar refractivity (Wildman–Crippen MR) is 92.8 cm³/mol. The molecule has 2 fully saturated rings. The lowest BCUT2D eigenvalue weighted by molar-refractivity contribution is -0.156. The van der Waals surface area contributed by atoms with E-state index in [2.05, 4.69) is 10.6 Å². The van der Waals surface area contributed by atoms with Crippen molar-refractivity contribution in [3.63, 3.8) is 0 Å². The molecule has 0 radical (unpaired) electrons. The number of carbonyl (C=O) groups excluding carboxylic acids is 1. The first-order valence-corrected chi connectivity index (χ1v) is 9.11. The van der Waals surface area contributed by atoms with Gasteiger partial charge in [-0.15, -0.1) is 0 Å². The van der Waals surface area contributed by atoms with Crippen LogP contribution in [0.5, 0.6) is 0 Å². The zero-order chi connectivity index (χ0) is 17.6. The molecule has 2 aliphatic carbocycles. The van der Waals surface area contributed by atoms with Crippen molar-refractivity contribution in [1.29, 1.82) is 0 Å². The van der Waals surface area contributed by atoms with Crippen molar-refractivity contribution < 1.29 is 19.4 Å². The van der Waals surface area contributed by atoms with Crippen LogP contribution in [0.15, 0.2) is 18.2 Å². The van der Waals surface area contributed by atoms with Crippen molar-refractivity contribution in [3.8, 4) is 0 Å². The van der Waals surface area contributed by atoms with Crippen LogP contribution in [0.3, 0.4) is 0 Å². The summed E-state index contributed by atoms with van der Waals surface area (Å²) in [4.78, 5) is 23.1. The van der Waals surface area contributed by atoms with Gasteiger partial charge in [0.2, 0.25) is 0 Å². The van der Waals surface area contributed by atoms with Crippen LogP contribution in [0.25, 0.3) is 0 Å². The molecule has 1 aromatic carbocycles. The van der Waals surface area contributed by atoms with Crippen molar-refractivity contribution in [2.24, 2.45) is 5.92 Å². The molecular weight excluding hydrogens is 344 g/mol. The molecule has 1 spiro atoms. The van der Waals surface area contributed by atoms with E-state index in [1.165, 1.54) is 0 Å². The Kier molecular flexibility index (Phi) is 4.12. The molecule has 0 bridgehead atoms. The smallest absolute Gasteiger partial charge is 0.319 e. The molecule has 7 heteroatoms. The van der Waals surface area contributed by atoms with Gasteiger partial charge in [0.25, 0.3) is 0 Å². The number of carboxylic acids is 1. The average molecular weight is 365 g/mol. The van der Waals surface area contributed by atoms with E-state index in [1.54, 1.807) is 6.07 Å². The Balaban J connectivity index is 1.52. The highest BCUT2D eigenvalue weighted by atomic mass is 35.5. The topological polar surface area (TPSA) is 87.7 Å². The molecule has 2 amide bonds. The molecule has 1 aromatic rings. The highest BCUT2D eigenvalue weighted by molar-refractivity contribution is 6.34. The Morgan fingerprint density at radius 3 is 2.88 bits per heavy atom. The van der Waals surface area contributed by atoms with Gasteiger partial charge in [0.1, 0.15) is 0 Å².